The van der Waals surface area contributed by atoms with E-state index in [1.807, 2.05) is 6.07 Å². The van der Waals surface area contributed by atoms with E-state index in [9.17, 15) is 0 Å². The maximum atomic E-state index is 6.57. The third kappa shape index (κ3) is 2.28. The molecule has 0 aromatic heterocycles. The van der Waals surface area contributed by atoms with E-state index in [1.54, 1.807) is 0 Å². The summed E-state index contributed by atoms with van der Waals surface area (Å²) in [6, 6.07) is 10.5. The quantitative estimate of drug-likeness (QED) is 0.906. The summed E-state index contributed by atoms with van der Waals surface area (Å²) in [6.45, 7) is 2.32. The van der Waals surface area contributed by atoms with Gasteiger partial charge in [-0.15, -0.1) is 0 Å². The lowest BCUT2D eigenvalue weighted by molar-refractivity contribution is 0.0367. The molecule has 3 heteroatoms. The monoisotopic (exact) mass is 259 g/mol. The summed E-state index contributed by atoms with van der Waals surface area (Å²) in [4.78, 5) is 0. The fourth-order valence-corrected chi connectivity index (χ4v) is 3.21. The van der Waals surface area contributed by atoms with E-state index >= 15 is 0 Å². The van der Waals surface area contributed by atoms with Crippen LogP contribution >= 0.6 is 0 Å². The van der Waals surface area contributed by atoms with Crippen LogP contribution in [0.4, 0.5) is 0 Å². The molecule has 2 aliphatic heterocycles. The van der Waals surface area contributed by atoms with Crippen LogP contribution < -0.4 is 5.73 Å². The Morgan fingerprint density at radius 1 is 1.05 bits per heavy atom. The van der Waals surface area contributed by atoms with Crippen molar-refractivity contribution in [3.8, 4) is 0 Å². The van der Waals surface area contributed by atoms with Gasteiger partial charge in [0.05, 0.1) is 12.6 Å². The van der Waals surface area contributed by atoms with Crippen LogP contribution in [0.2, 0.25) is 0 Å². The second-order valence-electron chi connectivity index (χ2n) is 5.36. The molecule has 3 nitrogen and oxygen atoms in total. The highest BCUT2D eigenvalue weighted by atomic mass is 16.5. The molecule has 102 valence electrons. The highest BCUT2D eigenvalue weighted by Gasteiger charge is 2.42. The van der Waals surface area contributed by atoms with Gasteiger partial charge in [0.1, 0.15) is 5.76 Å². The van der Waals surface area contributed by atoms with Crippen molar-refractivity contribution in [3.63, 3.8) is 0 Å². The van der Waals surface area contributed by atoms with E-state index in [0.29, 0.717) is 0 Å². The lowest BCUT2D eigenvalue weighted by Gasteiger charge is -2.42. The molecule has 3 rings (SSSR count). The second kappa shape index (κ2) is 5.35. The van der Waals surface area contributed by atoms with Gasteiger partial charge in [0, 0.05) is 25.0 Å². The highest BCUT2D eigenvalue weighted by Crippen LogP contribution is 2.40. The Morgan fingerprint density at radius 2 is 1.79 bits per heavy atom. The SMILES string of the molecule is NC(C1=CCCO1)C1(c2ccccc2)CCOCC1. The van der Waals surface area contributed by atoms with Crippen LogP contribution in [-0.2, 0) is 14.9 Å². The zero-order chi connectivity index (χ0) is 13.1. The van der Waals surface area contributed by atoms with Gasteiger partial charge < -0.3 is 15.2 Å². The number of hydrogen-bond donors (Lipinski definition) is 1. The predicted octanol–water partition coefficient (Wildman–Crippen LogP) is 2.37. The normalized spacial score (nSPS) is 23.5. The van der Waals surface area contributed by atoms with Crippen LogP contribution in [-0.4, -0.2) is 25.9 Å². The van der Waals surface area contributed by atoms with E-state index in [0.717, 1.165) is 44.8 Å². The lowest BCUT2D eigenvalue weighted by atomic mass is 9.68. The molecular weight excluding hydrogens is 238 g/mol. The van der Waals surface area contributed by atoms with Crippen LogP contribution in [0.15, 0.2) is 42.2 Å². The average Bonchev–Trinajstić information content (AvgIpc) is 3.02. The van der Waals surface area contributed by atoms with E-state index in [2.05, 4.69) is 30.3 Å². The van der Waals surface area contributed by atoms with Crippen molar-refractivity contribution < 1.29 is 9.47 Å². The van der Waals surface area contributed by atoms with Crippen molar-refractivity contribution >= 4 is 0 Å². The molecule has 1 unspecified atom stereocenters. The van der Waals surface area contributed by atoms with Gasteiger partial charge in [-0.2, -0.15) is 0 Å². The van der Waals surface area contributed by atoms with Gasteiger partial charge in [-0.25, -0.2) is 0 Å². The first-order chi connectivity index (χ1) is 9.33. The minimum atomic E-state index is -0.0682. The summed E-state index contributed by atoms with van der Waals surface area (Å²) in [5.74, 6) is 0.964. The van der Waals surface area contributed by atoms with Crippen molar-refractivity contribution in [2.24, 2.45) is 5.73 Å². The van der Waals surface area contributed by atoms with Crippen molar-refractivity contribution in [1.29, 1.82) is 0 Å². The van der Waals surface area contributed by atoms with E-state index < -0.39 is 0 Å². The van der Waals surface area contributed by atoms with Crippen molar-refractivity contribution in [1.82, 2.24) is 0 Å². The minimum Gasteiger partial charge on any atom is -0.496 e. The lowest BCUT2D eigenvalue weighted by Crippen LogP contribution is -2.50. The Kier molecular flexibility index (Phi) is 3.58. The number of nitrogens with two attached hydrogens (primary N) is 1. The average molecular weight is 259 g/mol. The maximum absolute atomic E-state index is 6.57. The van der Waals surface area contributed by atoms with Crippen LogP contribution in [0.5, 0.6) is 0 Å². The Labute approximate surface area is 114 Å². The topological polar surface area (TPSA) is 44.5 Å². The predicted molar refractivity (Wildman–Crippen MR) is 74.8 cm³/mol. The Morgan fingerprint density at radius 3 is 2.42 bits per heavy atom. The first kappa shape index (κ1) is 12.7. The molecule has 0 aliphatic carbocycles. The van der Waals surface area contributed by atoms with E-state index in [4.69, 9.17) is 15.2 Å². The van der Waals surface area contributed by atoms with Crippen LogP contribution in [0.3, 0.4) is 0 Å². The van der Waals surface area contributed by atoms with Crippen LogP contribution in [0, 0.1) is 0 Å². The third-order valence-electron chi connectivity index (χ3n) is 4.37. The van der Waals surface area contributed by atoms with Crippen LogP contribution in [0.1, 0.15) is 24.8 Å². The highest BCUT2D eigenvalue weighted by molar-refractivity contribution is 5.32. The molecule has 0 radical (unpaired) electrons. The maximum Gasteiger partial charge on any atom is 0.110 e. The third-order valence-corrected chi connectivity index (χ3v) is 4.37. The molecule has 1 atom stereocenters. The minimum absolute atomic E-state index is 0.0459. The van der Waals surface area contributed by atoms with Gasteiger partial charge in [0.15, 0.2) is 0 Å². The second-order valence-corrected chi connectivity index (χ2v) is 5.36. The molecule has 2 aliphatic rings. The molecule has 1 aromatic carbocycles. The van der Waals surface area contributed by atoms with Gasteiger partial charge in [-0.05, 0) is 24.5 Å². The van der Waals surface area contributed by atoms with Crippen molar-refractivity contribution in [2.75, 3.05) is 19.8 Å². The zero-order valence-electron chi connectivity index (χ0n) is 11.2. The van der Waals surface area contributed by atoms with Gasteiger partial charge in [0.25, 0.3) is 0 Å². The molecule has 0 spiro atoms. The Hall–Kier alpha value is -1.32. The molecule has 2 N–H and O–H groups in total. The van der Waals surface area contributed by atoms with E-state index in [1.165, 1.54) is 5.56 Å². The molecular formula is C16H21NO2. The first-order valence-electron chi connectivity index (χ1n) is 7.05. The summed E-state index contributed by atoms with van der Waals surface area (Å²) in [6.07, 6.45) is 5.03. The summed E-state index contributed by atoms with van der Waals surface area (Å²) >= 11 is 0. The molecule has 0 amide bonds. The molecule has 2 heterocycles. The summed E-state index contributed by atoms with van der Waals surface area (Å²) in [7, 11) is 0. The largest absolute Gasteiger partial charge is 0.496 e. The number of benzene rings is 1. The molecule has 1 saturated heterocycles. The zero-order valence-corrected chi connectivity index (χ0v) is 11.2. The molecule has 1 fully saturated rings. The standard InChI is InChI=1S/C16H21NO2/c17-15(14-7-4-10-19-14)16(8-11-18-12-9-16)13-5-2-1-3-6-13/h1-3,5-7,15H,4,8-12,17H2. The first-order valence-corrected chi connectivity index (χ1v) is 7.05. The van der Waals surface area contributed by atoms with Crippen molar-refractivity contribution in [2.45, 2.75) is 30.7 Å². The molecule has 1 aromatic rings. The Bertz CT molecular complexity index is 449. The summed E-state index contributed by atoms with van der Waals surface area (Å²) in [5.41, 5.74) is 7.83. The smallest absolute Gasteiger partial charge is 0.110 e. The van der Waals surface area contributed by atoms with Gasteiger partial charge in [-0.3, -0.25) is 0 Å². The fourth-order valence-electron chi connectivity index (χ4n) is 3.21. The van der Waals surface area contributed by atoms with Crippen LogP contribution in [0.25, 0.3) is 0 Å². The van der Waals surface area contributed by atoms with Gasteiger partial charge >= 0.3 is 0 Å². The molecule has 0 bridgehead atoms. The number of hydrogen-bond acceptors (Lipinski definition) is 3. The van der Waals surface area contributed by atoms with Gasteiger partial charge in [0.2, 0.25) is 0 Å². The Balaban J connectivity index is 1.96. The van der Waals surface area contributed by atoms with Gasteiger partial charge in [-0.1, -0.05) is 30.3 Å². The summed E-state index contributed by atoms with van der Waals surface area (Å²) < 4.78 is 11.3. The molecule has 0 saturated carbocycles. The van der Waals surface area contributed by atoms with E-state index in [-0.39, 0.29) is 11.5 Å². The molecule has 19 heavy (non-hydrogen) atoms. The van der Waals surface area contributed by atoms with Crippen molar-refractivity contribution in [3.05, 3.63) is 47.7 Å². The number of rotatable bonds is 3. The number of ether oxygens (including phenoxy) is 2. The fraction of sp³-hybridized carbons (Fsp3) is 0.500. The summed E-state index contributed by atoms with van der Waals surface area (Å²) in [5, 5.41) is 0.